The summed E-state index contributed by atoms with van der Waals surface area (Å²) in [7, 11) is 0. The minimum atomic E-state index is -0.372. The van der Waals surface area contributed by atoms with E-state index in [1.165, 1.54) is 0 Å². The molecule has 0 unspecified atom stereocenters. The van der Waals surface area contributed by atoms with Crippen LogP contribution in [0.5, 0.6) is 0 Å². The molecule has 0 saturated heterocycles. The van der Waals surface area contributed by atoms with Crippen LogP contribution in [0, 0.1) is 6.92 Å². The minimum absolute atomic E-state index is 0.100. The lowest BCUT2D eigenvalue weighted by Gasteiger charge is -2.22. The van der Waals surface area contributed by atoms with E-state index in [0.717, 1.165) is 29.7 Å². The fourth-order valence-corrected chi connectivity index (χ4v) is 3.27. The highest BCUT2D eigenvalue weighted by molar-refractivity contribution is 6.03. The van der Waals surface area contributed by atoms with Crippen molar-refractivity contribution in [1.82, 2.24) is 4.98 Å². The fraction of sp³-hybridized carbons (Fsp3) is 0.368. The number of ether oxygens (including phenoxy) is 1. The van der Waals surface area contributed by atoms with Gasteiger partial charge in [-0.05, 0) is 36.8 Å². The standard InChI is InChI=1S/C19H21NO3/c1-3-9-23-19(22)18-12(2)17-15(20-18)10-14(11-16(17)21)13-7-5-4-6-8-13/h4-8,14,20H,3,9-11H2,1-2H3/t14-/m0/s1. The summed E-state index contributed by atoms with van der Waals surface area (Å²) in [6.07, 6.45) is 2.01. The summed E-state index contributed by atoms with van der Waals surface area (Å²) in [4.78, 5) is 27.8. The van der Waals surface area contributed by atoms with Gasteiger partial charge in [0.2, 0.25) is 0 Å². The summed E-state index contributed by atoms with van der Waals surface area (Å²) in [6.45, 7) is 4.16. The molecule has 0 radical (unpaired) electrons. The van der Waals surface area contributed by atoms with E-state index in [0.29, 0.717) is 24.3 Å². The van der Waals surface area contributed by atoms with E-state index in [9.17, 15) is 9.59 Å². The van der Waals surface area contributed by atoms with Gasteiger partial charge >= 0.3 is 5.97 Å². The molecule has 0 bridgehead atoms. The van der Waals surface area contributed by atoms with Gasteiger partial charge in [0.25, 0.3) is 0 Å². The summed E-state index contributed by atoms with van der Waals surface area (Å²) in [5.74, 6) is -0.111. The van der Waals surface area contributed by atoms with Crippen molar-refractivity contribution in [2.24, 2.45) is 0 Å². The Morgan fingerprint density at radius 1 is 1.26 bits per heavy atom. The van der Waals surface area contributed by atoms with Gasteiger partial charge in [-0.15, -0.1) is 0 Å². The van der Waals surface area contributed by atoms with Gasteiger partial charge < -0.3 is 9.72 Å². The molecule has 0 saturated carbocycles. The minimum Gasteiger partial charge on any atom is -0.461 e. The maximum Gasteiger partial charge on any atom is 0.355 e. The van der Waals surface area contributed by atoms with Crippen LogP contribution >= 0.6 is 0 Å². The SMILES string of the molecule is CCCOC(=O)c1[nH]c2c(c1C)C(=O)C[C@@H](c1ccccc1)C2. The lowest BCUT2D eigenvalue weighted by atomic mass is 9.81. The first-order valence-electron chi connectivity index (χ1n) is 8.08. The lowest BCUT2D eigenvalue weighted by Crippen LogP contribution is -2.18. The normalized spacial score (nSPS) is 17.0. The Kier molecular flexibility index (Phi) is 4.33. The molecule has 1 aliphatic carbocycles. The Morgan fingerprint density at radius 3 is 2.70 bits per heavy atom. The molecule has 4 heteroatoms. The van der Waals surface area contributed by atoms with Crippen LogP contribution in [-0.2, 0) is 11.2 Å². The molecule has 1 atom stereocenters. The molecule has 120 valence electrons. The zero-order chi connectivity index (χ0) is 16.4. The third-order valence-electron chi connectivity index (χ3n) is 4.40. The van der Waals surface area contributed by atoms with Gasteiger partial charge in [0.05, 0.1) is 6.61 Å². The van der Waals surface area contributed by atoms with Gasteiger partial charge in [-0.25, -0.2) is 4.79 Å². The van der Waals surface area contributed by atoms with Crippen molar-refractivity contribution in [3.8, 4) is 0 Å². The van der Waals surface area contributed by atoms with Crippen LogP contribution in [0.1, 0.15) is 63.4 Å². The van der Waals surface area contributed by atoms with Crippen molar-refractivity contribution in [2.75, 3.05) is 6.61 Å². The molecular formula is C19H21NO3. The van der Waals surface area contributed by atoms with Crippen LogP contribution in [0.3, 0.4) is 0 Å². The van der Waals surface area contributed by atoms with Gasteiger partial charge in [-0.3, -0.25) is 4.79 Å². The molecule has 1 aliphatic rings. The van der Waals surface area contributed by atoms with Crippen LogP contribution in [-0.4, -0.2) is 23.3 Å². The summed E-state index contributed by atoms with van der Waals surface area (Å²) >= 11 is 0. The third kappa shape index (κ3) is 2.93. The monoisotopic (exact) mass is 311 g/mol. The number of hydrogen-bond donors (Lipinski definition) is 1. The number of aromatic nitrogens is 1. The van der Waals surface area contributed by atoms with E-state index in [1.807, 2.05) is 32.0 Å². The zero-order valence-electron chi connectivity index (χ0n) is 13.5. The van der Waals surface area contributed by atoms with E-state index in [2.05, 4.69) is 17.1 Å². The van der Waals surface area contributed by atoms with Gasteiger partial charge in [0.1, 0.15) is 5.69 Å². The maximum absolute atomic E-state index is 12.6. The highest BCUT2D eigenvalue weighted by atomic mass is 16.5. The van der Waals surface area contributed by atoms with Crippen LogP contribution in [0.25, 0.3) is 0 Å². The summed E-state index contributed by atoms with van der Waals surface area (Å²) < 4.78 is 5.20. The predicted octanol–water partition coefficient (Wildman–Crippen LogP) is 3.80. The number of ketones is 1. The molecule has 3 rings (SSSR count). The van der Waals surface area contributed by atoms with Gasteiger partial charge in [0.15, 0.2) is 5.78 Å². The lowest BCUT2D eigenvalue weighted by molar-refractivity contribution is 0.0498. The highest BCUT2D eigenvalue weighted by Crippen LogP contribution is 2.35. The first-order valence-corrected chi connectivity index (χ1v) is 8.08. The Morgan fingerprint density at radius 2 is 2.00 bits per heavy atom. The fourth-order valence-electron chi connectivity index (χ4n) is 3.27. The van der Waals surface area contributed by atoms with Crippen LogP contribution in [0.2, 0.25) is 0 Å². The number of Topliss-reactive ketones (excluding diaryl/α,β-unsaturated/α-hetero) is 1. The number of nitrogens with one attached hydrogen (secondary N) is 1. The van der Waals surface area contributed by atoms with E-state index < -0.39 is 0 Å². The van der Waals surface area contributed by atoms with Gasteiger partial charge in [-0.1, -0.05) is 37.3 Å². The van der Waals surface area contributed by atoms with Crippen molar-refractivity contribution in [3.63, 3.8) is 0 Å². The second kappa shape index (κ2) is 6.41. The summed E-state index contributed by atoms with van der Waals surface area (Å²) in [5.41, 5.74) is 3.84. The maximum atomic E-state index is 12.6. The molecule has 1 aromatic heterocycles. The van der Waals surface area contributed by atoms with Gasteiger partial charge in [0, 0.05) is 17.7 Å². The summed E-state index contributed by atoms with van der Waals surface area (Å²) in [5, 5.41) is 0. The quantitative estimate of drug-likeness (QED) is 0.874. The molecule has 1 N–H and O–H groups in total. The van der Waals surface area contributed by atoms with Crippen LogP contribution in [0.4, 0.5) is 0 Å². The molecule has 2 aromatic rings. The number of carbonyl (C=O) groups excluding carboxylic acids is 2. The second-order valence-electron chi connectivity index (χ2n) is 6.05. The van der Waals surface area contributed by atoms with Crippen LogP contribution < -0.4 is 0 Å². The van der Waals surface area contributed by atoms with Crippen molar-refractivity contribution in [2.45, 2.75) is 39.0 Å². The Hall–Kier alpha value is -2.36. The van der Waals surface area contributed by atoms with Crippen LogP contribution in [0.15, 0.2) is 30.3 Å². The first-order chi connectivity index (χ1) is 11.1. The van der Waals surface area contributed by atoms with E-state index in [4.69, 9.17) is 4.74 Å². The first kappa shape index (κ1) is 15.5. The largest absolute Gasteiger partial charge is 0.461 e. The zero-order valence-corrected chi connectivity index (χ0v) is 13.5. The molecule has 0 amide bonds. The molecular weight excluding hydrogens is 290 g/mol. The summed E-state index contributed by atoms with van der Waals surface area (Å²) in [6, 6.07) is 10.1. The highest BCUT2D eigenvalue weighted by Gasteiger charge is 2.32. The number of aromatic amines is 1. The van der Waals surface area contributed by atoms with Crippen molar-refractivity contribution in [1.29, 1.82) is 0 Å². The molecule has 1 heterocycles. The van der Waals surface area contributed by atoms with E-state index in [-0.39, 0.29) is 17.7 Å². The number of H-pyrrole nitrogens is 1. The van der Waals surface area contributed by atoms with Crippen molar-refractivity contribution < 1.29 is 14.3 Å². The topological polar surface area (TPSA) is 59.2 Å². The van der Waals surface area contributed by atoms with Crippen molar-refractivity contribution in [3.05, 3.63) is 58.4 Å². The van der Waals surface area contributed by atoms with E-state index in [1.54, 1.807) is 0 Å². The number of hydrogen-bond acceptors (Lipinski definition) is 3. The molecule has 0 spiro atoms. The Balaban J connectivity index is 1.90. The van der Waals surface area contributed by atoms with E-state index >= 15 is 0 Å². The molecule has 1 aromatic carbocycles. The smallest absolute Gasteiger partial charge is 0.355 e. The molecule has 0 aliphatic heterocycles. The van der Waals surface area contributed by atoms with Crippen molar-refractivity contribution >= 4 is 11.8 Å². The van der Waals surface area contributed by atoms with Gasteiger partial charge in [-0.2, -0.15) is 0 Å². The number of esters is 1. The third-order valence-corrected chi connectivity index (χ3v) is 4.40. The predicted molar refractivity (Wildman–Crippen MR) is 87.9 cm³/mol. The Labute approximate surface area is 135 Å². The second-order valence-corrected chi connectivity index (χ2v) is 6.05. The number of carbonyl (C=O) groups is 2. The molecule has 23 heavy (non-hydrogen) atoms. The molecule has 4 nitrogen and oxygen atoms in total. The number of rotatable bonds is 4. The number of benzene rings is 1. The molecule has 0 fully saturated rings. The average Bonchev–Trinajstić information content (AvgIpc) is 2.91. The average molecular weight is 311 g/mol. The number of fused-ring (bicyclic) bond motifs is 1. The Bertz CT molecular complexity index is 731.